The molecule has 132 valence electrons. The van der Waals surface area contributed by atoms with E-state index in [-0.39, 0.29) is 25.4 Å². The van der Waals surface area contributed by atoms with Crippen molar-refractivity contribution in [3.8, 4) is 0 Å². The first kappa shape index (κ1) is 20.1. The summed E-state index contributed by atoms with van der Waals surface area (Å²) in [5, 5.41) is 18.2. The number of aliphatic carboxylic acids is 2. The maximum atomic E-state index is 12.8. The van der Waals surface area contributed by atoms with Crippen LogP contribution < -0.4 is 0 Å². The largest absolute Gasteiger partial charge is 0.481 e. The molecule has 0 spiro atoms. The first-order valence-electron chi connectivity index (χ1n) is 7.60. The van der Waals surface area contributed by atoms with Gasteiger partial charge in [0.05, 0.1) is 11.6 Å². The lowest BCUT2D eigenvalue weighted by Crippen LogP contribution is -2.29. The summed E-state index contributed by atoms with van der Waals surface area (Å²) in [6.07, 6.45) is 0.731. The van der Waals surface area contributed by atoms with E-state index >= 15 is 0 Å². The van der Waals surface area contributed by atoms with Crippen molar-refractivity contribution in [2.75, 3.05) is 0 Å². The van der Waals surface area contributed by atoms with Gasteiger partial charge < -0.3 is 15.1 Å². The van der Waals surface area contributed by atoms with Crippen LogP contribution in [0.3, 0.4) is 0 Å². The summed E-state index contributed by atoms with van der Waals surface area (Å²) in [5.74, 6) is -3.61. The zero-order valence-electron chi connectivity index (χ0n) is 13.6. The predicted molar refractivity (Wildman–Crippen MR) is 91.3 cm³/mol. The van der Waals surface area contributed by atoms with Crippen molar-refractivity contribution in [2.45, 2.75) is 38.0 Å². The van der Waals surface area contributed by atoms with Crippen molar-refractivity contribution in [1.29, 1.82) is 0 Å². The summed E-state index contributed by atoms with van der Waals surface area (Å²) in [6.45, 7) is 5.43. The summed E-state index contributed by atoms with van der Waals surface area (Å²) in [7, 11) is -3.87. The Balaban J connectivity index is 3.06. The van der Waals surface area contributed by atoms with E-state index in [0.29, 0.717) is 5.56 Å². The molecule has 0 aliphatic heterocycles. The monoisotopic (exact) mass is 354 g/mol. The van der Waals surface area contributed by atoms with E-state index in [9.17, 15) is 24.2 Å². The van der Waals surface area contributed by atoms with Crippen LogP contribution in [0, 0.1) is 12.8 Å². The molecule has 0 aliphatic rings. The van der Waals surface area contributed by atoms with Crippen LogP contribution in [-0.4, -0.2) is 32.7 Å². The van der Waals surface area contributed by atoms with Gasteiger partial charge in [0.1, 0.15) is 0 Å². The van der Waals surface area contributed by atoms with Gasteiger partial charge in [0.25, 0.3) is 0 Å². The molecule has 0 saturated carbocycles. The normalized spacial score (nSPS) is 15.9. The highest BCUT2D eigenvalue weighted by Crippen LogP contribution is 2.54. The zero-order valence-corrected chi connectivity index (χ0v) is 14.5. The highest BCUT2D eigenvalue weighted by molar-refractivity contribution is 7.58. The summed E-state index contributed by atoms with van der Waals surface area (Å²) in [4.78, 5) is 32.8. The molecule has 7 heteroatoms. The summed E-state index contributed by atoms with van der Waals surface area (Å²) < 4.78 is 12.8. The van der Waals surface area contributed by atoms with Crippen LogP contribution in [0.4, 0.5) is 0 Å². The van der Waals surface area contributed by atoms with Gasteiger partial charge in [-0.2, -0.15) is 0 Å². The fourth-order valence-corrected chi connectivity index (χ4v) is 4.90. The number of hydrogen-bond donors (Lipinski definition) is 3. The first-order valence-corrected chi connectivity index (χ1v) is 9.51. The average Bonchev–Trinajstić information content (AvgIpc) is 2.48. The molecule has 0 fully saturated rings. The lowest BCUT2D eigenvalue weighted by atomic mass is 9.97. The Kier molecular flexibility index (Phi) is 7.39. The van der Waals surface area contributed by atoms with E-state index in [1.807, 2.05) is 19.1 Å². The Morgan fingerprint density at radius 1 is 1.25 bits per heavy atom. The van der Waals surface area contributed by atoms with Gasteiger partial charge in [-0.15, -0.1) is 6.58 Å². The number of hydrogen-bond acceptors (Lipinski definition) is 3. The summed E-state index contributed by atoms with van der Waals surface area (Å²) >= 11 is 0. The van der Waals surface area contributed by atoms with Crippen LogP contribution in [0.5, 0.6) is 0 Å². The van der Waals surface area contributed by atoms with E-state index in [0.717, 1.165) is 5.56 Å². The molecule has 3 unspecified atom stereocenters. The minimum absolute atomic E-state index is 0.0379. The Hall–Kier alpha value is -1.91. The van der Waals surface area contributed by atoms with Crippen molar-refractivity contribution in [1.82, 2.24) is 0 Å². The number of carboxylic acid groups (broad SMARTS) is 2. The number of aryl methyl sites for hydroxylation is 1. The molecule has 3 atom stereocenters. The summed E-state index contributed by atoms with van der Waals surface area (Å²) in [5.41, 5.74) is 0.593. The predicted octanol–water partition coefficient (Wildman–Crippen LogP) is 3.28. The third kappa shape index (κ3) is 5.95. The smallest absolute Gasteiger partial charge is 0.307 e. The second kappa shape index (κ2) is 8.81. The topological polar surface area (TPSA) is 112 Å². The number of carbonyl (C=O) groups is 2. The van der Waals surface area contributed by atoms with Gasteiger partial charge in [0, 0.05) is 12.6 Å². The molecule has 0 heterocycles. The van der Waals surface area contributed by atoms with Crippen molar-refractivity contribution in [3.63, 3.8) is 0 Å². The lowest BCUT2D eigenvalue weighted by Gasteiger charge is -2.27. The Morgan fingerprint density at radius 2 is 1.83 bits per heavy atom. The van der Waals surface area contributed by atoms with E-state index < -0.39 is 30.9 Å². The molecular formula is C17H23O6P. The van der Waals surface area contributed by atoms with Crippen molar-refractivity contribution in [3.05, 3.63) is 48.0 Å². The molecule has 1 aromatic carbocycles. The van der Waals surface area contributed by atoms with Crippen LogP contribution in [0.2, 0.25) is 0 Å². The maximum Gasteiger partial charge on any atom is 0.307 e. The number of allylic oxidation sites excluding steroid dienone is 1. The van der Waals surface area contributed by atoms with E-state index in [1.165, 1.54) is 6.08 Å². The molecule has 3 N–H and O–H groups in total. The van der Waals surface area contributed by atoms with E-state index in [2.05, 4.69) is 6.58 Å². The number of carboxylic acids is 2. The van der Waals surface area contributed by atoms with Crippen LogP contribution in [0.1, 0.15) is 30.4 Å². The van der Waals surface area contributed by atoms with Crippen LogP contribution >= 0.6 is 7.37 Å². The summed E-state index contributed by atoms with van der Waals surface area (Å²) in [6, 6.07) is 7.10. The van der Waals surface area contributed by atoms with Gasteiger partial charge in [-0.25, -0.2) is 0 Å². The van der Waals surface area contributed by atoms with Crippen LogP contribution in [0.15, 0.2) is 36.9 Å². The van der Waals surface area contributed by atoms with Crippen LogP contribution in [0.25, 0.3) is 0 Å². The van der Waals surface area contributed by atoms with Gasteiger partial charge in [-0.1, -0.05) is 35.9 Å². The molecular weight excluding hydrogens is 331 g/mol. The minimum atomic E-state index is -3.87. The second-order valence-electron chi connectivity index (χ2n) is 5.87. The molecule has 1 aromatic rings. The van der Waals surface area contributed by atoms with Crippen molar-refractivity contribution >= 4 is 19.3 Å². The second-order valence-corrected chi connectivity index (χ2v) is 8.36. The fourth-order valence-electron chi connectivity index (χ4n) is 2.61. The quantitative estimate of drug-likeness (QED) is 0.439. The molecule has 0 aromatic heterocycles. The SMILES string of the molecule is C=CCC(C(CCC(=O)O)C(=O)O)P(=O)(O)Cc1ccc(C)cc1. The molecule has 0 bridgehead atoms. The molecule has 6 nitrogen and oxygen atoms in total. The molecule has 0 saturated heterocycles. The van der Waals surface area contributed by atoms with Gasteiger partial charge in [-0.3, -0.25) is 14.2 Å². The van der Waals surface area contributed by atoms with E-state index in [4.69, 9.17) is 5.11 Å². The fraction of sp³-hybridized carbons (Fsp3) is 0.412. The Morgan fingerprint density at radius 3 is 2.29 bits per heavy atom. The highest BCUT2D eigenvalue weighted by Gasteiger charge is 2.40. The minimum Gasteiger partial charge on any atom is -0.481 e. The highest BCUT2D eigenvalue weighted by atomic mass is 31.2. The number of benzene rings is 1. The van der Waals surface area contributed by atoms with Gasteiger partial charge in [-0.05, 0) is 25.3 Å². The Labute approximate surface area is 141 Å². The van der Waals surface area contributed by atoms with Crippen molar-refractivity contribution < 1.29 is 29.3 Å². The third-order valence-electron chi connectivity index (χ3n) is 3.91. The maximum absolute atomic E-state index is 12.8. The first-order chi connectivity index (χ1) is 11.2. The van der Waals surface area contributed by atoms with Crippen LogP contribution in [-0.2, 0) is 20.3 Å². The standard InChI is InChI=1S/C17H23O6P/c1-3-4-15(14(17(20)21)9-10-16(18)19)24(22,23)11-13-7-5-12(2)6-8-13/h3,5-8,14-15H,1,4,9-11H2,2H3,(H,18,19)(H,20,21)(H,22,23). The van der Waals surface area contributed by atoms with Gasteiger partial charge >= 0.3 is 11.9 Å². The Bertz CT molecular complexity index is 637. The van der Waals surface area contributed by atoms with Crippen molar-refractivity contribution in [2.24, 2.45) is 5.92 Å². The van der Waals surface area contributed by atoms with Gasteiger partial charge in [0.2, 0.25) is 7.37 Å². The molecule has 0 aliphatic carbocycles. The third-order valence-corrected chi connectivity index (χ3v) is 6.33. The molecule has 1 rings (SSSR count). The van der Waals surface area contributed by atoms with Gasteiger partial charge in [0.15, 0.2) is 0 Å². The average molecular weight is 354 g/mol. The zero-order chi connectivity index (χ0) is 18.3. The lowest BCUT2D eigenvalue weighted by molar-refractivity contribution is -0.143. The molecule has 0 radical (unpaired) electrons. The molecule has 24 heavy (non-hydrogen) atoms. The molecule has 0 amide bonds. The number of rotatable bonds is 10. The van der Waals surface area contributed by atoms with E-state index in [1.54, 1.807) is 12.1 Å².